The number of Topliss-reactive ketones (excluding diaryl/α,β-unsaturated/α-hetero) is 1. The number of hydrogen-bond acceptors (Lipinski definition) is 2. The van der Waals surface area contributed by atoms with Gasteiger partial charge in [0.15, 0.2) is 10.8 Å². The van der Waals surface area contributed by atoms with Crippen molar-refractivity contribution in [1.82, 2.24) is 0 Å². The highest BCUT2D eigenvalue weighted by Crippen LogP contribution is 2.37. The number of halogens is 1. The Labute approximate surface area is 112 Å². The van der Waals surface area contributed by atoms with Crippen molar-refractivity contribution >= 4 is 23.0 Å². The molecule has 1 aromatic rings. The average molecular weight is 263 g/mol. The Bertz CT molecular complexity index is 517. The van der Waals surface area contributed by atoms with E-state index in [2.05, 4.69) is 0 Å². The number of hydrogen-bond donors (Lipinski definition) is 0. The van der Waals surface area contributed by atoms with Crippen LogP contribution in [0.3, 0.4) is 0 Å². The summed E-state index contributed by atoms with van der Waals surface area (Å²) < 4.78 is 5.24. The van der Waals surface area contributed by atoms with E-state index in [0.717, 1.165) is 11.1 Å². The largest absolute Gasteiger partial charge is 0.359 e. The molecule has 2 rings (SSSR count). The summed E-state index contributed by atoms with van der Waals surface area (Å²) in [5.74, 6) is 0.0280. The van der Waals surface area contributed by atoms with Gasteiger partial charge in [0.25, 0.3) is 0 Å². The van der Waals surface area contributed by atoms with E-state index in [1.807, 2.05) is 36.4 Å². The maximum atomic E-state index is 11.8. The molecule has 18 heavy (non-hydrogen) atoms. The second kappa shape index (κ2) is 5.09. The summed E-state index contributed by atoms with van der Waals surface area (Å²) in [7, 11) is 1.54. The van der Waals surface area contributed by atoms with Crippen LogP contribution in [0.2, 0.25) is 0 Å². The Morgan fingerprint density at radius 3 is 2.56 bits per heavy atom. The smallest absolute Gasteiger partial charge is 0.164 e. The molecule has 1 aliphatic rings. The van der Waals surface area contributed by atoms with E-state index < -0.39 is 5.06 Å². The Balaban J connectivity index is 2.48. The summed E-state index contributed by atoms with van der Waals surface area (Å²) in [6, 6.07) is 9.82. The number of carbonyl (C=O) groups is 1. The lowest BCUT2D eigenvalue weighted by molar-refractivity contribution is -0.114. The van der Waals surface area contributed by atoms with Gasteiger partial charge in [0, 0.05) is 19.1 Å². The van der Waals surface area contributed by atoms with Crippen LogP contribution in [-0.4, -0.2) is 18.0 Å². The molecule has 3 heteroatoms. The zero-order valence-corrected chi connectivity index (χ0v) is 11.2. The van der Waals surface area contributed by atoms with Crippen LogP contribution >= 0.6 is 11.6 Å². The molecule has 0 saturated heterocycles. The Kier molecular flexibility index (Phi) is 3.69. The minimum atomic E-state index is -0.903. The minimum Gasteiger partial charge on any atom is -0.359 e. The van der Waals surface area contributed by atoms with E-state index in [1.165, 1.54) is 0 Å². The summed E-state index contributed by atoms with van der Waals surface area (Å²) in [6.45, 7) is 1.56. The molecule has 0 fully saturated rings. The minimum absolute atomic E-state index is 0.0280. The lowest BCUT2D eigenvalue weighted by Gasteiger charge is -2.27. The standard InChI is InChI=1S/C15H15ClO2/c1-11(17)14-10-15(16,18-2)9-8-13(14)12-6-4-3-5-7-12/h3-9H,10H2,1-2H3. The first kappa shape index (κ1) is 13.1. The van der Waals surface area contributed by atoms with Crippen molar-refractivity contribution in [1.29, 1.82) is 0 Å². The summed E-state index contributed by atoms with van der Waals surface area (Å²) in [5, 5.41) is -0.903. The average Bonchev–Trinajstić information content (AvgIpc) is 2.39. The number of ketones is 1. The van der Waals surface area contributed by atoms with Gasteiger partial charge in [-0.3, -0.25) is 4.79 Å². The van der Waals surface area contributed by atoms with E-state index in [-0.39, 0.29) is 5.78 Å². The van der Waals surface area contributed by atoms with Gasteiger partial charge in [-0.15, -0.1) is 0 Å². The van der Waals surface area contributed by atoms with Crippen molar-refractivity contribution < 1.29 is 9.53 Å². The zero-order chi connectivity index (χ0) is 13.2. The van der Waals surface area contributed by atoms with Gasteiger partial charge in [-0.2, -0.15) is 0 Å². The molecule has 0 bridgehead atoms. The van der Waals surface area contributed by atoms with Gasteiger partial charge in [0.2, 0.25) is 0 Å². The van der Waals surface area contributed by atoms with Crippen molar-refractivity contribution in [3.8, 4) is 0 Å². The van der Waals surface area contributed by atoms with Crippen LogP contribution in [0.15, 0.2) is 48.1 Å². The molecule has 1 aromatic carbocycles. The van der Waals surface area contributed by atoms with Gasteiger partial charge in [0.05, 0.1) is 0 Å². The second-order valence-electron chi connectivity index (χ2n) is 4.31. The molecule has 1 atom stereocenters. The van der Waals surface area contributed by atoms with E-state index in [4.69, 9.17) is 16.3 Å². The van der Waals surface area contributed by atoms with Crippen molar-refractivity contribution in [3.63, 3.8) is 0 Å². The van der Waals surface area contributed by atoms with Crippen LogP contribution in [-0.2, 0) is 9.53 Å². The molecule has 1 aliphatic carbocycles. The highest BCUT2D eigenvalue weighted by molar-refractivity contribution is 6.25. The zero-order valence-electron chi connectivity index (χ0n) is 10.4. The quantitative estimate of drug-likeness (QED) is 0.779. The molecule has 0 radical (unpaired) electrons. The van der Waals surface area contributed by atoms with Crippen molar-refractivity contribution in [2.45, 2.75) is 18.4 Å². The van der Waals surface area contributed by atoms with Crippen LogP contribution in [0.4, 0.5) is 0 Å². The van der Waals surface area contributed by atoms with Crippen LogP contribution in [0.25, 0.3) is 5.57 Å². The molecule has 94 valence electrons. The first-order valence-electron chi connectivity index (χ1n) is 5.78. The maximum Gasteiger partial charge on any atom is 0.164 e. The molecule has 0 aliphatic heterocycles. The Morgan fingerprint density at radius 2 is 2.00 bits per heavy atom. The van der Waals surface area contributed by atoms with Crippen molar-refractivity contribution in [3.05, 3.63) is 53.6 Å². The third kappa shape index (κ3) is 2.55. The highest BCUT2D eigenvalue weighted by atomic mass is 35.5. The first-order chi connectivity index (χ1) is 8.56. The predicted molar refractivity (Wildman–Crippen MR) is 73.4 cm³/mol. The third-order valence-electron chi connectivity index (χ3n) is 3.09. The molecule has 0 amide bonds. The summed E-state index contributed by atoms with van der Waals surface area (Å²) in [6.07, 6.45) is 4.05. The number of alkyl halides is 1. The lowest BCUT2D eigenvalue weighted by atomic mass is 9.89. The normalized spacial score (nSPS) is 23.3. The molecule has 1 unspecified atom stereocenters. The van der Waals surface area contributed by atoms with Gasteiger partial charge in [-0.25, -0.2) is 0 Å². The van der Waals surface area contributed by atoms with Crippen molar-refractivity contribution in [2.75, 3.05) is 7.11 Å². The number of methoxy groups -OCH3 is 1. The van der Waals surface area contributed by atoms with Crippen LogP contribution < -0.4 is 0 Å². The number of benzene rings is 1. The maximum absolute atomic E-state index is 11.8. The Morgan fingerprint density at radius 1 is 1.33 bits per heavy atom. The molecule has 0 heterocycles. The summed E-state index contributed by atoms with van der Waals surface area (Å²) in [4.78, 5) is 11.8. The fourth-order valence-corrected chi connectivity index (χ4v) is 2.24. The van der Waals surface area contributed by atoms with E-state index in [9.17, 15) is 4.79 Å². The van der Waals surface area contributed by atoms with Crippen LogP contribution in [0.1, 0.15) is 18.9 Å². The van der Waals surface area contributed by atoms with Crippen LogP contribution in [0, 0.1) is 0 Å². The topological polar surface area (TPSA) is 26.3 Å². The fraction of sp³-hybridized carbons (Fsp3) is 0.267. The number of rotatable bonds is 3. The van der Waals surface area contributed by atoms with Crippen molar-refractivity contribution in [2.24, 2.45) is 0 Å². The van der Waals surface area contributed by atoms with Gasteiger partial charge in [0.1, 0.15) is 0 Å². The summed E-state index contributed by atoms with van der Waals surface area (Å²) >= 11 is 6.26. The SMILES string of the molecule is COC1(Cl)C=CC(c2ccccc2)=C(C(C)=O)C1. The monoisotopic (exact) mass is 262 g/mol. The molecule has 0 saturated carbocycles. The first-order valence-corrected chi connectivity index (χ1v) is 6.16. The van der Waals surface area contributed by atoms with E-state index in [0.29, 0.717) is 12.0 Å². The number of carbonyl (C=O) groups excluding carboxylic acids is 1. The predicted octanol–water partition coefficient (Wildman–Crippen LogP) is 3.57. The summed E-state index contributed by atoms with van der Waals surface area (Å²) in [5.41, 5.74) is 2.66. The second-order valence-corrected chi connectivity index (χ2v) is 4.95. The number of ether oxygens (including phenoxy) is 1. The lowest BCUT2D eigenvalue weighted by Crippen LogP contribution is -2.26. The molecule has 0 N–H and O–H groups in total. The van der Waals surface area contributed by atoms with Crippen LogP contribution in [0.5, 0.6) is 0 Å². The van der Waals surface area contributed by atoms with E-state index >= 15 is 0 Å². The molecule has 2 nitrogen and oxygen atoms in total. The van der Waals surface area contributed by atoms with Gasteiger partial charge in [-0.05, 0) is 24.1 Å². The molecule has 0 aromatic heterocycles. The van der Waals surface area contributed by atoms with Gasteiger partial charge < -0.3 is 4.74 Å². The Hall–Kier alpha value is -1.38. The van der Waals surface area contributed by atoms with Gasteiger partial charge >= 0.3 is 0 Å². The van der Waals surface area contributed by atoms with Gasteiger partial charge in [-0.1, -0.05) is 48.0 Å². The number of allylic oxidation sites excluding steroid dienone is 2. The third-order valence-corrected chi connectivity index (χ3v) is 3.50. The fourth-order valence-electron chi connectivity index (χ4n) is 2.05. The molecule has 0 spiro atoms. The molecular formula is C15H15ClO2. The molecular weight excluding hydrogens is 248 g/mol. The highest BCUT2D eigenvalue weighted by Gasteiger charge is 2.31. The van der Waals surface area contributed by atoms with E-state index in [1.54, 1.807) is 20.1 Å².